The number of nitrogens with zero attached hydrogens (tertiary/aromatic N) is 2. The van der Waals surface area contributed by atoms with E-state index in [-0.39, 0.29) is 12.2 Å². The fraction of sp³-hybridized carbons (Fsp3) is 0.385. The van der Waals surface area contributed by atoms with Crippen LogP contribution in [0.3, 0.4) is 0 Å². The summed E-state index contributed by atoms with van der Waals surface area (Å²) in [6.07, 6.45) is -4.64. The van der Waals surface area contributed by atoms with E-state index in [4.69, 9.17) is 10.00 Å². The van der Waals surface area contributed by atoms with E-state index < -0.39 is 28.8 Å². The molecule has 0 spiro atoms. The van der Waals surface area contributed by atoms with Crippen LogP contribution in [0.5, 0.6) is 0 Å². The van der Waals surface area contributed by atoms with Gasteiger partial charge in [-0.05, 0) is 25.1 Å². The smallest absolute Gasteiger partial charge is 0.367 e. The highest BCUT2D eigenvalue weighted by atomic mass is 19.4. The van der Waals surface area contributed by atoms with Crippen molar-refractivity contribution in [2.45, 2.75) is 18.7 Å². The average Bonchev–Trinajstić information content (AvgIpc) is 2.42. The van der Waals surface area contributed by atoms with Crippen LogP contribution in [-0.4, -0.2) is 25.2 Å². The van der Waals surface area contributed by atoms with Crippen LogP contribution in [0, 0.1) is 11.3 Å². The molecule has 2 rings (SSSR count). The predicted octanol–water partition coefficient (Wildman–Crippen LogP) is 2.33. The molecule has 1 aromatic rings. The number of hydrogen-bond donors (Lipinski definition) is 0. The number of ether oxygens (including phenoxy) is 1. The quantitative estimate of drug-likeness (QED) is 0.783. The third-order valence-electron chi connectivity index (χ3n) is 3.35. The van der Waals surface area contributed by atoms with Crippen molar-refractivity contribution < 1.29 is 22.7 Å². The van der Waals surface area contributed by atoms with Crippen molar-refractivity contribution in [1.29, 1.82) is 5.26 Å². The number of alkyl halides is 3. The summed E-state index contributed by atoms with van der Waals surface area (Å²) in [5, 5.41) is 8.71. The van der Waals surface area contributed by atoms with E-state index in [2.05, 4.69) is 0 Å². The molecule has 106 valence electrons. The second-order valence-electron chi connectivity index (χ2n) is 4.67. The van der Waals surface area contributed by atoms with Crippen LogP contribution >= 0.6 is 0 Å². The van der Waals surface area contributed by atoms with E-state index in [9.17, 15) is 18.0 Å². The van der Waals surface area contributed by atoms with E-state index in [0.29, 0.717) is 0 Å². The first-order valence-corrected chi connectivity index (χ1v) is 5.71. The molecule has 1 heterocycles. The van der Waals surface area contributed by atoms with Gasteiger partial charge in [-0.3, -0.25) is 4.79 Å². The Kier molecular flexibility index (Phi) is 3.22. The van der Waals surface area contributed by atoms with E-state index in [1.54, 1.807) is 6.92 Å². The number of β-lactam (4-membered cyclic amide) rings is 1. The molecule has 0 radical (unpaired) electrons. The third-order valence-corrected chi connectivity index (χ3v) is 3.35. The van der Waals surface area contributed by atoms with Gasteiger partial charge in [0.1, 0.15) is 0 Å². The van der Waals surface area contributed by atoms with Crippen LogP contribution in [-0.2, 0) is 15.7 Å². The van der Waals surface area contributed by atoms with Gasteiger partial charge >= 0.3 is 6.18 Å². The number of methoxy groups -OCH3 is 1. The molecule has 0 aliphatic carbocycles. The molecule has 7 heteroatoms. The van der Waals surface area contributed by atoms with E-state index in [0.717, 1.165) is 12.1 Å². The Labute approximate surface area is 113 Å². The maximum Gasteiger partial charge on any atom is 0.417 e. The van der Waals surface area contributed by atoms with Crippen LogP contribution in [0.1, 0.15) is 18.1 Å². The average molecular weight is 284 g/mol. The highest BCUT2D eigenvalue weighted by molar-refractivity contribution is 6.06. The first kappa shape index (κ1) is 14.3. The van der Waals surface area contributed by atoms with Gasteiger partial charge in [0.15, 0.2) is 5.60 Å². The Balaban J connectivity index is 2.38. The molecule has 1 atom stereocenters. The summed E-state index contributed by atoms with van der Waals surface area (Å²) in [5.74, 6) is -0.405. The highest BCUT2D eigenvalue weighted by Gasteiger charge is 2.49. The zero-order valence-corrected chi connectivity index (χ0v) is 10.8. The number of anilines is 1. The van der Waals surface area contributed by atoms with Crippen LogP contribution < -0.4 is 4.90 Å². The molecule has 1 aromatic carbocycles. The highest BCUT2D eigenvalue weighted by Crippen LogP contribution is 2.37. The fourth-order valence-electron chi connectivity index (χ4n) is 2.03. The molecule has 0 saturated carbocycles. The Hall–Kier alpha value is -2.07. The summed E-state index contributed by atoms with van der Waals surface area (Å²) in [7, 11) is 1.37. The number of benzene rings is 1. The maximum atomic E-state index is 12.8. The lowest BCUT2D eigenvalue weighted by atomic mass is 9.93. The Morgan fingerprint density at radius 2 is 2.10 bits per heavy atom. The predicted molar refractivity (Wildman–Crippen MR) is 63.9 cm³/mol. The summed E-state index contributed by atoms with van der Waals surface area (Å²) < 4.78 is 43.5. The van der Waals surface area contributed by atoms with Crippen LogP contribution in [0.4, 0.5) is 18.9 Å². The van der Waals surface area contributed by atoms with Crippen molar-refractivity contribution in [2.24, 2.45) is 0 Å². The van der Waals surface area contributed by atoms with Gasteiger partial charge in [-0.15, -0.1) is 0 Å². The zero-order valence-electron chi connectivity index (χ0n) is 10.8. The van der Waals surface area contributed by atoms with Crippen LogP contribution in [0.25, 0.3) is 0 Å². The minimum absolute atomic E-state index is 0.107. The lowest BCUT2D eigenvalue weighted by molar-refractivity contribution is -0.148. The summed E-state index contributed by atoms with van der Waals surface area (Å²) >= 11 is 0. The molecule has 0 bridgehead atoms. The molecule has 20 heavy (non-hydrogen) atoms. The minimum atomic E-state index is -4.64. The zero-order chi connectivity index (χ0) is 15.1. The first-order valence-electron chi connectivity index (χ1n) is 5.71. The fourth-order valence-corrected chi connectivity index (χ4v) is 2.03. The van der Waals surface area contributed by atoms with Crippen LogP contribution in [0.15, 0.2) is 18.2 Å². The molecular weight excluding hydrogens is 273 g/mol. The molecule has 1 amide bonds. The Morgan fingerprint density at radius 1 is 1.45 bits per heavy atom. The SMILES string of the molecule is COC1(C)CN(c2ccc(C#N)c(C(F)(F)F)c2)C1=O. The number of nitriles is 1. The van der Waals surface area contributed by atoms with Gasteiger partial charge in [0.05, 0.1) is 23.7 Å². The second-order valence-corrected chi connectivity index (χ2v) is 4.67. The van der Waals surface area contributed by atoms with E-state index in [1.165, 1.54) is 24.1 Å². The van der Waals surface area contributed by atoms with E-state index in [1.807, 2.05) is 0 Å². The Morgan fingerprint density at radius 3 is 2.55 bits per heavy atom. The normalized spacial score (nSPS) is 22.4. The number of carbonyl (C=O) groups is 1. The van der Waals surface area contributed by atoms with Gasteiger partial charge in [0.2, 0.25) is 0 Å². The van der Waals surface area contributed by atoms with Crippen molar-refractivity contribution >= 4 is 11.6 Å². The van der Waals surface area contributed by atoms with Crippen molar-refractivity contribution in [3.05, 3.63) is 29.3 Å². The van der Waals surface area contributed by atoms with Gasteiger partial charge in [-0.2, -0.15) is 18.4 Å². The number of carbonyl (C=O) groups excluding carboxylic acids is 1. The second kappa shape index (κ2) is 4.49. The number of hydrogen-bond acceptors (Lipinski definition) is 3. The van der Waals surface area contributed by atoms with Crippen molar-refractivity contribution in [3.63, 3.8) is 0 Å². The number of halogens is 3. The summed E-state index contributed by atoms with van der Waals surface area (Å²) in [6, 6.07) is 4.69. The van der Waals surface area contributed by atoms with Crippen LogP contribution in [0.2, 0.25) is 0 Å². The molecule has 0 N–H and O–H groups in total. The molecular formula is C13H11F3N2O2. The van der Waals surface area contributed by atoms with Gasteiger partial charge < -0.3 is 9.64 Å². The Bertz CT molecular complexity index is 607. The van der Waals surface area contributed by atoms with Gasteiger partial charge in [-0.25, -0.2) is 0 Å². The molecule has 1 saturated heterocycles. The van der Waals surface area contributed by atoms with Crippen molar-refractivity contribution in [3.8, 4) is 6.07 Å². The van der Waals surface area contributed by atoms with Crippen molar-refractivity contribution in [1.82, 2.24) is 0 Å². The molecule has 1 fully saturated rings. The van der Waals surface area contributed by atoms with Gasteiger partial charge in [0, 0.05) is 12.8 Å². The number of amides is 1. The molecule has 1 unspecified atom stereocenters. The molecule has 1 aliphatic heterocycles. The molecule has 0 aromatic heterocycles. The lowest BCUT2D eigenvalue weighted by Gasteiger charge is -2.45. The standard InChI is InChI=1S/C13H11F3N2O2/c1-12(20-2)7-18(11(12)19)9-4-3-8(6-17)10(5-9)13(14,15)16/h3-5H,7H2,1-2H3. The first-order chi connectivity index (χ1) is 9.23. The number of rotatable bonds is 2. The molecule has 1 aliphatic rings. The summed E-state index contributed by atoms with van der Waals surface area (Å²) in [6.45, 7) is 1.74. The topological polar surface area (TPSA) is 53.3 Å². The summed E-state index contributed by atoms with van der Waals surface area (Å²) in [5.41, 5.74) is -2.40. The molecule has 4 nitrogen and oxygen atoms in total. The van der Waals surface area contributed by atoms with E-state index >= 15 is 0 Å². The monoisotopic (exact) mass is 284 g/mol. The van der Waals surface area contributed by atoms with Crippen molar-refractivity contribution in [2.75, 3.05) is 18.6 Å². The van der Waals surface area contributed by atoms with Gasteiger partial charge in [-0.1, -0.05) is 0 Å². The lowest BCUT2D eigenvalue weighted by Crippen LogP contribution is -2.66. The third kappa shape index (κ3) is 2.12. The minimum Gasteiger partial charge on any atom is -0.367 e. The van der Waals surface area contributed by atoms with Gasteiger partial charge in [0.25, 0.3) is 5.91 Å². The largest absolute Gasteiger partial charge is 0.417 e. The summed E-state index contributed by atoms with van der Waals surface area (Å²) in [4.78, 5) is 13.1. The maximum absolute atomic E-state index is 12.8.